The van der Waals surface area contributed by atoms with E-state index in [0.717, 1.165) is 12.1 Å². The second-order valence-corrected chi connectivity index (χ2v) is 5.76. The smallest absolute Gasteiger partial charge is 0.221 e. The number of carbonyl (C=O) groups excluding carboxylic acids is 1. The fourth-order valence-electron chi connectivity index (χ4n) is 2.53. The number of nitrogens with zero attached hydrogens (tertiary/aromatic N) is 1. The molecule has 1 aromatic carbocycles. The lowest BCUT2D eigenvalue weighted by Gasteiger charge is -2.14. The van der Waals surface area contributed by atoms with E-state index >= 15 is 0 Å². The second-order valence-electron chi connectivity index (χ2n) is 5.76. The Hall–Kier alpha value is -0.810. The normalized spacial score (nSPS) is 15.5. The summed E-state index contributed by atoms with van der Waals surface area (Å²) in [5.41, 5.74) is 8.07. The van der Waals surface area contributed by atoms with Gasteiger partial charge in [-0.15, -0.1) is 24.8 Å². The zero-order valence-corrected chi connectivity index (χ0v) is 14.7. The van der Waals surface area contributed by atoms with E-state index in [2.05, 4.69) is 34.5 Å². The molecule has 1 aliphatic heterocycles. The van der Waals surface area contributed by atoms with Crippen LogP contribution in [0.25, 0.3) is 0 Å². The molecule has 1 amide bonds. The molecular formula is C16H27Cl2N3O. The van der Waals surface area contributed by atoms with Crippen LogP contribution in [0.15, 0.2) is 24.3 Å². The number of nitrogens with two attached hydrogens (primary N) is 1. The number of nitrogens with one attached hydrogen (secondary N) is 1. The molecule has 126 valence electrons. The zero-order valence-electron chi connectivity index (χ0n) is 13.1. The molecule has 0 radical (unpaired) electrons. The Morgan fingerprint density at radius 1 is 1.18 bits per heavy atom. The molecule has 6 heteroatoms. The van der Waals surface area contributed by atoms with Crippen LogP contribution in [-0.4, -0.2) is 29.9 Å². The Morgan fingerprint density at radius 2 is 1.73 bits per heavy atom. The van der Waals surface area contributed by atoms with Gasteiger partial charge < -0.3 is 11.1 Å². The number of benzene rings is 1. The number of likely N-dealkylation sites (tertiary alicyclic amines) is 1. The lowest BCUT2D eigenvalue weighted by Crippen LogP contribution is -2.29. The van der Waals surface area contributed by atoms with Crippen LogP contribution in [0, 0.1) is 0 Å². The Balaban J connectivity index is 0.00000220. The average molecular weight is 348 g/mol. The lowest BCUT2D eigenvalue weighted by atomic mass is 10.1. The Labute approximate surface area is 145 Å². The molecule has 0 saturated carbocycles. The number of carbonyl (C=O) groups is 1. The first-order valence-electron chi connectivity index (χ1n) is 7.46. The lowest BCUT2D eigenvalue weighted by molar-refractivity contribution is -0.121. The van der Waals surface area contributed by atoms with Gasteiger partial charge in [0.15, 0.2) is 0 Å². The van der Waals surface area contributed by atoms with E-state index in [1.165, 1.54) is 31.5 Å². The van der Waals surface area contributed by atoms with Gasteiger partial charge in [0.25, 0.3) is 0 Å². The van der Waals surface area contributed by atoms with Crippen molar-refractivity contribution in [2.45, 2.75) is 45.3 Å². The van der Waals surface area contributed by atoms with Gasteiger partial charge in [0.1, 0.15) is 0 Å². The van der Waals surface area contributed by atoms with Gasteiger partial charge in [-0.1, -0.05) is 24.3 Å². The summed E-state index contributed by atoms with van der Waals surface area (Å²) in [7, 11) is 0. The predicted octanol–water partition coefficient (Wildman–Crippen LogP) is 2.48. The molecule has 1 fully saturated rings. The summed E-state index contributed by atoms with van der Waals surface area (Å²) >= 11 is 0. The Bertz CT molecular complexity index is 432. The van der Waals surface area contributed by atoms with Crippen molar-refractivity contribution in [1.82, 2.24) is 10.2 Å². The van der Waals surface area contributed by atoms with Crippen molar-refractivity contribution in [2.75, 3.05) is 13.1 Å². The molecule has 1 saturated heterocycles. The van der Waals surface area contributed by atoms with Crippen molar-refractivity contribution < 1.29 is 4.79 Å². The van der Waals surface area contributed by atoms with Crippen molar-refractivity contribution in [3.8, 4) is 0 Å². The van der Waals surface area contributed by atoms with Crippen molar-refractivity contribution >= 4 is 30.7 Å². The van der Waals surface area contributed by atoms with Crippen LogP contribution in [-0.2, 0) is 17.9 Å². The average Bonchev–Trinajstić information content (AvgIpc) is 2.90. The molecular weight excluding hydrogens is 321 g/mol. The molecule has 3 N–H and O–H groups in total. The van der Waals surface area contributed by atoms with Crippen molar-refractivity contribution in [3.63, 3.8) is 0 Å². The van der Waals surface area contributed by atoms with Crippen LogP contribution in [0.1, 0.15) is 37.3 Å². The van der Waals surface area contributed by atoms with Gasteiger partial charge in [0.05, 0.1) is 0 Å². The summed E-state index contributed by atoms with van der Waals surface area (Å²) < 4.78 is 0. The maximum absolute atomic E-state index is 11.5. The van der Waals surface area contributed by atoms with Crippen molar-refractivity contribution in [1.29, 1.82) is 0 Å². The Morgan fingerprint density at radius 3 is 2.27 bits per heavy atom. The standard InChI is InChI=1S/C16H25N3O.2ClH/c1-13(17)10-16(20)18-11-14-4-6-15(7-5-14)12-19-8-2-3-9-19;;/h4-7,13H,2-3,8-12,17H2,1H3,(H,18,20);2*1H. The van der Waals surface area contributed by atoms with Crippen LogP contribution in [0.2, 0.25) is 0 Å². The number of rotatable bonds is 6. The van der Waals surface area contributed by atoms with Gasteiger partial charge in [-0.3, -0.25) is 9.69 Å². The zero-order chi connectivity index (χ0) is 14.4. The Kier molecular flexibility index (Phi) is 10.4. The quantitative estimate of drug-likeness (QED) is 0.830. The molecule has 0 aliphatic carbocycles. The van der Waals surface area contributed by atoms with Crippen LogP contribution in [0.5, 0.6) is 0 Å². The monoisotopic (exact) mass is 347 g/mol. The van der Waals surface area contributed by atoms with Gasteiger partial charge in [0, 0.05) is 25.6 Å². The highest BCUT2D eigenvalue weighted by molar-refractivity contribution is 5.85. The minimum absolute atomic E-state index is 0. The fourth-order valence-corrected chi connectivity index (χ4v) is 2.53. The van der Waals surface area contributed by atoms with E-state index in [1.807, 2.05) is 6.92 Å². The molecule has 0 spiro atoms. The molecule has 2 rings (SSSR count). The maximum atomic E-state index is 11.5. The van der Waals surface area contributed by atoms with Gasteiger partial charge in [-0.25, -0.2) is 0 Å². The third-order valence-corrected chi connectivity index (χ3v) is 3.62. The van der Waals surface area contributed by atoms with E-state index < -0.39 is 0 Å². The van der Waals surface area contributed by atoms with E-state index in [0.29, 0.717) is 13.0 Å². The molecule has 0 aromatic heterocycles. The van der Waals surface area contributed by atoms with E-state index in [4.69, 9.17) is 5.73 Å². The molecule has 1 aliphatic rings. The molecule has 1 heterocycles. The number of hydrogen-bond donors (Lipinski definition) is 2. The fraction of sp³-hybridized carbons (Fsp3) is 0.562. The molecule has 4 nitrogen and oxygen atoms in total. The van der Waals surface area contributed by atoms with E-state index in [1.54, 1.807) is 0 Å². The van der Waals surface area contributed by atoms with E-state index in [9.17, 15) is 4.79 Å². The summed E-state index contributed by atoms with van der Waals surface area (Å²) in [6, 6.07) is 8.42. The van der Waals surface area contributed by atoms with Gasteiger partial charge >= 0.3 is 0 Å². The van der Waals surface area contributed by atoms with Gasteiger partial charge in [0.2, 0.25) is 5.91 Å². The third-order valence-electron chi connectivity index (χ3n) is 3.62. The minimum atomic E-state index is -0.0853. The molecule has 22 heavy (non-hydrogen) atoms. The first kappa shape index (κ1) is 21.2. The highest BCUT2D eigenvalue weighted by Gasteiger charge is 2.11. The summed E-state index contributed by atoms with van der Waals surface area (Å²) in [6.45, 7) is 5.89. The molecule has 1 atom stereocenters. The molecule has 1 aromatic rings. The summed E-state index contributed by atoms with van der Waals surface area (Å²) in [4.78, 5) is 14.0. The third kappa shape index (κ3) is 7.45. The van der Waals surface area contributed by atoms with Gasteiger partial charge in [-0.2, -0.15) is 0 Å². The second kappa shape index (κ2) is 10.8. The number of halogens is 2. The number of amides is 1. The molecule has 0 bridgehead atoms. The molecule has 1 unspecified atom stereocenters. The summed E-state index contributed by atoms with van der Waals surface area (Å²) in [6.07, 6.45) is 3.03. The summed E-state index contributed by atoms with van der Waals surface area (Å²) in [5, 5.41) is 2.89. The highest BCUT2D eigenvalue weighted by atomic mass is 35.5. The first-order chi connectivity index (χ1) is 9.63. The predicted molar refractivity (Wildman–Crippen MR) is 95.6 cm³/mol. The van der Waals surface area contributed by atoms with E-state index in [-0.39, 0.29) is 36.8 Å². The van der Waals surface area contributed by atoms with Crippen LogP contribution >= 0.6 is 24.8 Å². The minimum Gasteiger partial charge on any atom is -0.352 e. The maximum Gasteiger partial charge on any atom is 0.221 e. The largest absolute Gasteiger partial charge is 0.352 e. The van der Waals surface area contributed by atoms with Crippen LogP contribution in [0.4, 0.5) is 0 Å². The van der Waals surface area contributed by atoms with Crippen molar-refractivity contribution in [2.24, 2.45) is 5.73 Å². The van der Waals surface area contributed by atoms with Crippen LogP contribution < -0.4 is 11.1 Å². The van der Waals surface area contributed by atoms with Gasteiger partial charge in [-0.05, 0) is 44.0 Å². The van der Waals surface area contributed by atoms with Crippen molar-refractivity contribution in [3.05, 3.63) is 35.4 Å². The summed E-state index contributed by atoms with van der Waals surface area (Å²) in [5.74, 6) is 0.0149. The highest BCUT2D eigenvalue weighted by Crippen LogP contribution is 2.13. The van der Waals surface area contributed by atoms with Crippen LogP contribution in [0.3, 0.4) is 0 Å². The first-order valence-corrected chi connectivity index (χ1v) is 7.46. The SMILES string of the molecule is CC(N)CC(=O)NCc1ccc(CN2CCCC2)cc1.Cl.Cl. The number of hydrogen-bond acceptors (Lipinski definition) is 3. The topological polar surface area (TPSA) is 58.4 Å².